The number of hydrogen-bond acceptors (Lipinski definition) is 2. The fourth-order valence-electron chi connectivity index (χ4n) is 1.22. The molecule has 1 aliphatic carbocycles. The van der Waals surface area contributed by atoms with Crippen LogP contribution in [0.25, 0.3) is 0 Å². The maximum absolute atomic E-state index is 5.26. The quantitative estimate of drug-likeness (QED) is 0.715. The van der Waals surface area contributed by atoms with Crippen LogP contribution in [-0.4, -0.2) is 6.04 Å². The molecule has 0 spiro atoms. The van der Waals surface area contributed by atoms with E-state index in [1.54, 1.807) is 6.26 Å². The first-order chi connectivity index (χ1) is 5.36. The molecule has 1 aromatic rings. The van der Waals surface area contributed by atoms with Crippen LogP contribution in [0, 0.1) is 0 Å². The van der Waals surface area contributed by atoms with E-state index in [0.29, 0.717) is 6.04 Å². The second-order valence-corrected chi connectivity index (χ2v) is 3.18. The van der Waals surface area contributed by atoms with E-state index in [1.807, 2.05) is 12.1 Å². The molecule has 0 saturated heterocycles. The Hall–Kier alpha value is -0.760. The molecule has 0 unspecified atom stereocenters. The van der Waals surface area contributed by atoms with Crippen LogP contribution in [0.1, 0.15) is 31.6 Å². The molecule has 1 N–H and O–H groups in total. The highest BCUT2D eigenvalue weighted by molar-refractivity contribution is 5.04. The number of furan rings is 1. The van der Waals surface area contributed by atoms with E-state index in [9.17, 15) is 0 Å². The summed E-state index contributed by atoms with van der Waals surface area (Å²) in [6, 6.07) is 5.06. The summed E-state index contributed by atoms with van der Waals surface area (Å²) in [5, 5.41) is 3.46. The zero-order valence-electron chi connectivity index (χ0n) is 6.71. The van der Waals surface area contributed by atoms with Gasteiger partial charge in [0.25, 0.3) is 0 Å². The third-order valence-corrected chi connectivity index (χ3v) is 2.03. The van der Waals surface area contributed by atoms with Gasteiger partial charge >= 0.3 is 0 Å². The van der Waals surface area contributed by atoms with Crippen molar-refractivity contribution in [2.75, 3.05) is 0 Å². The third kappa shape index (κ3) is 1.63. The van der Waals surface area contributed by atoms with E-state index >= 15 is 0 Å². The number of hydrogen-bond donors (Lipinski definition) is 1. The second kappa shape index (κ2) is 2.70. The van der Waals surface area contributed by atoms with Gasteiger partial charge in [0, 0.05) is 6.04 Å². The van der Waals surface area contributed by atoms with Gasteiger partial charge in [0.1, 0.15) is 5.76 Å². The predicted octanol–water partition coefficient (Wildman–Crippen LogP) is 2.09. The summed E-state index contributed by atoms with van der Waals surface area (Å²) in [5.74, 6) is 1.04. The lowest BCUT2D eigenvalue weighted by atomic mass is 10.2. The van der Waals surface area contributed by atoms with Crippen LogP contribution in [-0.2, 0) is 0 Å². The molecule has 60 valence electrons. The summed E-state index contributed by atoms with van der Waals surface area (Å²) in [7, 11) is 0. The zero-order chi connectivity index (χ0) is 7.68. The van der Waals surface area contributed by atoms with Crippen molar-refractivity contribution in [3.63, 3.8) is 0 Å². The van der Waals surface area contributed by atoms with E-state index in [-0.39, 0.29) is 0 Å². The SMILES string of the molecule is C[C@H](NC1CC1)c1ccco1. The van der Waals surface area contributed by atoms with Gasteiger partial charge in [-0.25, -0.2) is 0 Å². The van der Waals surface area contributed by atoms with E-state index in [1.165, 1.54) is 12.8 Å². The monoisotopic (exact) mass is 151 g/mol. The van der Waals surface area contributed by atoms with E-state index in [0.717, 1.165) is 11.8 Å². The van der Waals surface area contributed by atoms with Gasteiger partial charge in [-0.2, -0.15) is 0 Å². The summed E-state index contributed by atoms with van der Waals surface area (Å²) in [4.78, 5) is 0. The fraction of sp³-hybridized carbons (Fsp3) is 0.556. The first-order valence-electron chi connectivity index (χ1n) is 4.16. The Bertz CT molecular complexity index is 213. The highest BCUT2D eigenvalue weighted by Gasteiger charge is 2.23. The molecule has 0 aromatic carbocycles. The van der Waals surface area contributed by atoms with Gasteiger partial charge in [-0.05, 0) is 31.9 Å². The van der Waals surface area contributed by atoms with Crippen molar-refractivity contribution < 1.29 is 4.42 Å². The largest absolute Gasteiger partial charge is 0.468 e. The minimum atomic E-state index is 0.373. The first kappa shape index (κ1) is 6.92. The molecule has 1 aromatic heterocycles. The number of nitrogens with one attached hydrogen (secondary N) is 1. The smallest absolute Gasteiger partial charge is 0.120 e. The van der Waals surface area contributed by atoms with Gasteiger partial charge in [0.15, 0.2) is 0 Å². The lowest BCUT2D eigenvalue weighted by Crippen LogP contribution is -2.19. The average Bonchev–Trinajstić information content (AvgIpc) is 2.67. The van der Waals surface area contributed by atoms with Crippen molar-refractivity contribution in [1.29, 1.82) is 0 Å². The Balaban J connectivity index is 1.93. The normalized spacial score (nSPS) is 20.1. The molecule has 0 aliphatic heterocycles. The minimum Gasteiger partial charge on any atom is -0.468 e. The third-order valence-electron chi connectivity index (χ3n) is 2.03. The Morgan fingerprint density at radius 1 is 1.64 bits per heavy atom. The van der Waals surface area contributed by atoms with Gasteiger partial charge < -0.3 is 9.73 Å². The van der Waals surface area contributed by atoms with Crippen LogP contribution in [0.3, 0.4) is 0 Å². The fourth-order valence-corrected chi connectivity index (χ4v) is 1.22. The Labute approximate surface area is 66.6 Å². The van der Waals surface area contributed by atoms with Gasteiger partial charge in [-0.1, -0.05) is 0 Å². The Kier molecular flexibility index (Phi) is 1.70. The first-order valence-corrected chi connectivity index (χ1v) is 4.16. The van der Waals surface area contributed by atoms with Crippen LogP contribution in [0.5, 0.6) is 0 Å². The van der Waals surface area contributed by atoms with Crippen LogP contribution < -0.4 is 5.32 Å². The summed E-state index contributed by atoms with van der Waals surface area (Å²) < 4.78 is 5.26. The lowest BCUT2D eigenvalue weighted by Gasteiger charge is -2.08. The highest BCUT2D eigenvalue weighted by atomic mass is 16.3. The van der Waals surface area contributed by atoms with Gasteiger partial charge in [-0.3, -0.25) is 0 Å². The maximum atomic E-state index is 5.26. The van der Waals surface area contributed by atoms with Crippen molar-refractivity contribution in [3.8, 4) is 0 Å². The van der Waals surface area contributed by atoms with Crippen LogP contribution in [0.15, 0.2) is 22.8 Å². The summed E-state index contributed by atoms with van der Waals surface area (Å²) in [6.45, 7) is 2.14. The predicted molar refractivity (Wildman–Crippen MR) is 43.3 cm³/mol. The molecule has 0 radical (unpaired) electrons. The van der Waals surface area contributed by atoms with Crippen molar-refractivity contribution in [1.82, 2.24) is 5.32 Å². The summed E-state index contributed by atoms with van der Waals surface area (Å²) in [5.41, 5.74) is 0. The van der Waals surface area contributed by atoms with E-state index in [4.69, 9.17) is 4.42 Å². The summed E-state index contributed by atoms with van der Waals surface area (Å²) in [6.07, 6.45) is 4.37. The van der Waals surface area contributed by atoms with Crippen molar-refractivity contribution >= 4 is 0 Å². The highest BCUT2D eigenvalue weighted by Crippen LogP contribution is 2.23. The maximum Gasteiger partial charge on any atom is 0.120 e. The van der Waals surface area contributed by atoms with Crippen molar-refractivity contribution in [2.24, 2.45) is 0 Å². The molecule has 1 fully saturated rings. The second-order valence-electron chi connectivity index (χ2n) is 3.18. The molecule has 11 heavy (non-hydrogen) atoms. The molecule has 1 heterocycles. The van der Waals surface area contributed by atoms with Crippen molar-refractivity contribution in [3.05, 3.63) is 24.2 Å². The Morgan fingerprint density at radius 2 is 2.45 bits per heavy atom. The van der Waals surface area contributed by atoms with Crippen LogP contribution in [0.2, 0.25) is 0 Å². The van der Waals surface area contributed by atoms with Gasteiger partial charge in [0.2, 0.25) is 0 Å². The zero-order valence-corrected chi connectivity index (χ0v) is 6.71. The van der Waals surface area contributed by atoms with Gasteiger partial charge in [-0.15, -0.1) is 0 Å². The van der Waals surface area contributed by atoms with Crippen LogP contribution in [0.4, 0.5) is 0 Å². The standard InChI is InChI=1S/C9H13NO/c1-7(10-8-4-5-8)9-3-2-6-11-9/h2-3,6-8,10H,4-5H2,1H3/t7-/m0/s1. The summed E-state index contributed by atoms with van der Waals surface area (Å²) >= 11 is 0. The number of rotatable bonds is 3. The molecule has 2 nitrogen and oxygen atoms in total. The average molecular weight is 151 g/mol. The molecule has 0 amide bonds. The molecule has 2 heteroatoms. The molecule has 1 aliphatic rings. The van der Waals surface area contributed by atoms with Crippen molar-refractivity contribution in [2.45, 2.75) is 31.8 Å². The van der Waals surface area contributed by atoms with Crippen LogP contribution >= 0.6 is 0 Å². The molecule has 0 bridgehead atoms. The molecular weight excluding hydrogens is 138 g/mol. The molecule has 2 rings (SSSR count). The topological polar surface area (TPSA) is 25.2 Å². The van der Waals surface area contributed by atoms with E-state index in [2.05, 4.69) is 12.2 Å². The lowest BCUT2D eigenvalue weighted by molar-refractivity contribution is 0.429. The molecule has 1 saturated carbocycles. The van der Waals surface area contributed by atoms with E-state index < -0.39 is 0 Å². The molecule has 1 atom stereocenters. The molecular formula is C9H13NO. The Morgan fingerprint density at radius 3 is 3.00 bits per heavy atom. The minimum absolute atomic E-state index is 0.373. The van der Waals surface area contributed by atoms with Gasteiger partial charge in [0.05, 0.1) is 12.3 Å².